The van der Waals surface area contributed by atoms with Gasteiger partial charge in [0.15, 0.2) is 10.6 Å². The van der Waals surface area contributed by atoms with E-state index in [1.807, 2.05) is 16.9 Å². The molecule has 0 unspecified atom stereocenters. The molecule has 6 heteroatoms. The topological polar surface area (TPSA) is 38.9 Å². The van der Waals surface area contributed by atoms with Gasteiger partial charge in [-0.3, -0.25) is 14.5 Å². The maximum Gasteiger partial charge on any atom is 0.199 e. The number of piperidine rings is 1. The molecule has 0 amide bonds. The van der Waals surface area contributed by atoms with Crippen LogP contribution < -0.4 is 0 Å². The van der Waals surface area contributed by atoms with Gasteiger partial charge in [-0.15, -0.1) is 0 Å². The third kappa shape index (κ3) is 2.73. The highest BCUT2D eigenvalue weighted by atomic mass is 32.1. The normalized spacial score (nSPS) is 19.5. The smallest absolute Gasteiger partial charge is 0.199 e. The van der Waals surface area contributed by atoms with E-state index in [1.54, 1.807) is 6.20 Å². The predicted octanol–water partition coefficient (Wildman–Crippen LogP) is 3.25. The van der Waals surface area contributed by atoms with Crippen molar-refractivity contribution in [3.05, 3.63) is 29.3 Å². The summed E-state index contributed by atoms with van der Waals surface area (Å²) in [4.78, 5) is 6.68. The molecule has 2 aromatic rings. The van der Waals surface area contributed by atoms with Crippen LogP contribution in [0.25, 0.3) is 11.4 Å². The van der Waals surface area contributed by atoms with Crippen molar-refractivity contribution >= 4 is 12.2 Å². The van der Waals surface area contributed by atoms with E-state index in [-0.39, 0.29) is 0 Å². The van der Waals surface area contributed by atoms with Gasteiger partial charge in [0.1, 0.15) is 0 Å². The minimum Gasteiger partial charge on any atom is -0.297 e. The van der Waals surface area contributed by atoms with Crippen LogP contribution in [0.2, 0.25) is 0 Å². The van der Waals surface area contributed by atoms with Crippen LogP contribution in [0.3, 0.4) is 0 Å². The van der Waals surface area contributed by atoms with Crippen molar-refractivity contribution in [1.29, 1.82) is 0 Å². The predicted molar refractivity (Wildman–Crippen MR) is 88.0 cm³/mol. The summed E-state index contributed by atoms with van der Waals surface area (Å²) in [5, 5.41) is 4.83. The van der Waals surface area contributed by atoms with Crippen molar-refractivity contribution in [2.75, 3.05) is 13.1 Å². The van der Waals surface area contributed by atoms with Crippen molar-refractivity contribution in [2.45, 2.75) is 44.8 Å². The van der Waals surface area contributed by atoms with Crippen molar-refractivity contribution in [3.63, 3.8) is 0 Å². The minimum absolute atomic E-state index is 0.526. The average Bonchev–Trinajstić information content (AvgIpc) is 3.35. The molecular weight excluding hydrogens is 294 g/mol. The van der Waals surface area contributed by atoms with Gasteiger partial charge in [0.2, 0.25) is 0 Å². The van der Waals surface area contributed by atoms with Crippen LogP contribution in [0.15, 0.2) is 24.5 Å². The summed E-state index contributed by atoms with van der Waals surface area (Å²) in [5.41, 5.74) is 1.05. The molecule has 1 aliphatic carbocycles. The molecule has 5 nitrogen and oxygen atoms in total. The third-order valence-electron chi connectivity index (χ3n) is 4.48. The quantitative estimate of drug-likeness (QED) is 0.812. The highest BCUT2D eigenvalue weighted by Crippen LogP contribution is 2.38. The Morgan fingerprint density at radius 1 is 1.18 bits per heavy atom. The third-order valence-corrected chi connectivity index (χ3v) is 4.89. The molecule has 2 aromatic heterocycles. The Labute approximate surface area is 135 Å². The summed E-state index contributed by atoms with van der Waals surface area (Å²) in [5.74, 6) is 0.970. The number of hydrogen-bond donors (Lipinski definition) is 0. The Hall–Kier alpha value is -1.53. The van der Waals surface area contributed by atoms with E-state index in [9.17, 15) is 0 Å². The van der Waals surface area contributed by atoms with E-state index in [1.165, 1.54) is 32.1 Å². The molecular formula is C16H21N5S. The summed E-state index contributed by atoms with van der Waals surface area (Å²) >= 11 is 5.71. The van der Waals surface area contributed by atoms with Crippen LogP contribution in [0, 0.1) is 4.77 Å². The van der Waals surface area contributed by atoms with Crippen LogP contribution in [-0.2, 0) is 6.67 Å². The zero-order valence-corrected chi connectivity index (χ0v) is 13.5. The van der Waals surface area contributed by atoms with Gasteiger partial charge in [-0.1, -0.05) is 6.42 Å². The van der Waals surface area contributed by atoms with E-state index in [0.717, 1.165) is 35.9 Å². The van der Waals surface area contributed by atoms with E-state index in [0.29, 0.717) is 6.04 Å². The molecule has 0 atom stereocenters. The fraction of sp³-hybridized carbons (Fsp3) is 0.562. The Kier molecular flexibility index (Phi) is 3.80. The zero-order chi connectivity index (χ0) is 14.9. The Bertz CT molecular complexity index is 695. The van der Waals surface area contributed by atoms with Gasteiger partial charge in [-0.05, 0) is 63.1 Å². The Morgan fingerprint density at radius 3 is 2.68 bits per heavy atom. The highest BCUT2D eigenvalue weighted by molar-refractivity contribution is 7.71. The summed E-state index contributed by atoms with van der Waals surface area (Å²) in [6.45, 7) is 3.12. The number of pyridine rings is 1. The Balaban J connectivity index is 1.69. The molecule has 3 heterocycles. The van der Waals surface area contributed by atoms with Crippen molar-refractivity contribution < 1.29 is 0 Å². The monoisotopic (exact) mass is 315 g/mol. The summed E-state index contributed by atoms with van der Waals surface area (Å²) < 4.78 is 5.09. The standard InChI is InChI=1S/C16H21N5S/c22-16-20(12-19-9-2-1-3-10-19)18-15(21(16)14-6-7-14)13-5-4-8-17-11-13/h4-5,8,11,14H,1-3,6-7,9-10,12H2. The first kappa shape index (κ1) is 14.1. The van der Waals surface area contributed by atoms with Gasteiger partial charge in [-0.2, -0.15) is 5.10 Å². The fourth-order valence-electron chi connectivity index (χ4n) is 3.16. The minimum atomic E-state index is 0.526. The Morgan fingerprint density at radius 2 is 2.00 bits per heavy atom. The second-order valence-electron chi connectivity index (χ2n) is 6.27. The van der Waals surface area contributed by atoms with Crippen LogP contribution in [-0.4, -0.2) is 37.3 Å². The maximum atomic E-state index is 5.71. The first-order valence-corrected chi connectivity index (χ1v) is 8.56. The second kappa shape index (κ2) is 5.93. The lowest BCUT2D eigenvalue weighted by Crippen LogP contribution is -2.32. The van der Waals surface area contributed by atoms with Crippen molar-refractivity contribution in [3.8, 4) is 11.4 Å². The maximum absolute atomic E-state index is 5.71. The molecule has 0 spiro atoms. The van der Waals surface area contributed by atoms with Gasteiger partial charge in [0.05, 0.1) is 6.67 Å². The fourth-order valence-corrected chi connectivity index (χ4v) is 3.49. The molecule has 116 valence electrons. The molecule has 1 saturated heterocycles. The van der Waals surface area contributed by atoms with Crippen molar-refractivity contribution in [1.82, 2.24) is 24.2 Å². The lowest BCUT2D eigenvalue weighted by atomic mass is 10.1. The first-order chi connectivity index (χ1) is 10.8. The number of hydrogen-bond acceptors (Lipinski definition) is 4. The van der Waals surface area contributed by atoms with Gasteiger partial charge >= 0.3 is 0 Å². The van der Waals surface area contributed by atoms with Gasteiger partial charge in [-0.25, -0.2) is 4.68 Å². The van der Waals surface area contributed by atoms with E-state index in [4.69, 9.17) is 17.3 Å². The molecule has 2 fully saturated rings. The molecule has 0 bridgehead atoms. The number of likely N-dealkylation sites (tertiary alicyclic amines) is 1. The molecule has 22 heavy (non-hydrogen) atoms. The molecule has 0 radical (unpaired) electrons. The largest absolute Gasteiger partial charge is 0.297 e. The van der Waals surface area contributed by atoms with Crippen LogP contribution in [0.4, 0.5) is 0 Å². The van der Waals surface area contributed by atoms with Gasteiger partial charge < -0.3 is 0 Å². The van der Waals surface area contributed by atoms with Gasteiger partial charge in [0, 0.05) is 24.0 Å². The molecule has 0 aromatic carbocycles. The summed E-state index contributed by atoms with van der Waals surface area (Å²) in [6, 6.07) is 4.55. The van der Waals surface area contributed by atoms with Crippen LogP contribution >= 0.6 is 12.2 Å². The van der Waals surface area contributed by atoms with E-state index < -0.39 is 0 Å². The zero-order valence-electron chi connectivity index (χ0n) is 12.7. The molecule has 0 N–H and O–H groups in total. The number of rotatable bonds is 4. The molecule has 1 saturated carbocycles. The number of aromatic nitrogens is 4. The number of nitrogens with zero attached hydrogens (tertiary/aromatic N) is 5. The van der Waals surface area contributed by atoms with Crippen molar-refractivity contribution in [2.24, 2.45) is 0 Å². The van der Waals surface area contributed by atoms with Crippen LogP contribution in [0.5, 0.6) is 0 Å². The lowest BCUT2D eigenvalue weighted by molar-refractivity contribution is 0.172. The second-order valence-corrected chi connectivity index (χ2v) is 6.63. The van der Waals surface area contributed by atoms with E-state index >= 15 is 0 Å². The van der Waals surface area contributed by atoms with E-state index in [2.05, 4.69) is 20.5 Å². The molecule has 2 aliphatic rings. The van der Waals surface area contributed by atoms with Gasteiger partial charge in [0.25, 0.3) is 0 Å². The molecule has 4 rings (SSSR count). The SMILES string of the molecule is S=c1n(CN2CCCCC2)nc(-c2cccnc2)n1C1CC1. The summed E-state index contributed by atoms with van der Waals surface area (Å²) in [6.07, 6.45) is 10.00. The first-order valence-electron chi connectivity index (χ1n) is 8.15. The highest BCUT2D eigenvalue weighted by Gasteiger charge is 2.29. The average molecular weight is 315 g/mol. The lowest BCUT2D eigenvalue weighted by Gasteiger charge is -2.25. The molecule has 1 aliphatic heterocycles. The van der Waals surface area contributed by atoms with Crippen LogP contribution in [0.1, 0.15) is 38.1 Å². The summed E-state index contributed by atoms with van der Waals surface area (Å²) in [7, 11) is 0.